The van der Waals surface area contributed by atoms with E-state index in [9.17, 15) is 28.1 Å². The zero-order valence-corrected chi connectivity index (χ0v) is 13.4. The number of nitro benzene ring substituents is 1. The number of urea groups is 1. The molecule has 10 heteroatoms. The molecule has 0 fully saturated rings. The molecule has 1 atom stereocenters. The summed E-state index contributed by atoms with van der Waals surface area (Å²) in [6, 6.07) is 2.49. The van der Waals surface area contributed by atoms with Crippen LogP contribution in [0.4, 0.5) is 29.3 Å². The third-order valence-electron chi connectivity index (χ3n) is 3.48. The van der Waals surface area contributed by atoms with Crippen molar-refractivity contribution in [2.75, 3.05) is 19.0 Å². The predicted molar refractivity (Wildman–Crippen MR) is 86.9 cm³/mol. The highest BCUT2D eigenvalue weighted by atomic mass is 19.4. The fourth-order valence-electron chi connectivity index (χ4n) is 2.31. The molecule has 7 nitrogen and oxygen atoms in total. The van der Waals surface area contributed by atoms with Crippen molar-refractivity contribution in [2.45, 2.75) is 18.6 Å². The SMILES string of the molecule is CN(C)c1ccc(/C=C/[C@H]2CC(C(F)(F)F)=NC(=O)N2)cc1[N+](=O)[O-]. The van der Waals surface area contributed by atoms with Crippen molar-refractivity contribution < 1.29 is 22.9 Å². The van der Waals surface area contributed by atoms with Crippen LogP contribution in [0.3, 0.4) is 0 Å². The van der Waals surface area contributed by atoms with Crippen LogP contribution in [0.1, 0.15) is 12.0 Å². The molecule has 1 aromatic rings. The minimum Gasteiger partial charge on any atom is -0.372 e. The molecule has 2 rings (SSSR count). The summed E-state index contributed by atoms with van der Waals surface area (Å²) in [5.74, 6) is 0. The summed E-state index contributed by atoms with van der Waals surface area (Å²) in [6.07, 6.45) is -2.39. The van der Waals surface area contributed by atoms with E-state index in [0.717, 1.165) is 0 Å². The Bertz CT molecular complexity index is 757. The van der Waals surface area contributed by atoms with E-state index in [0.29, 0.717) is 11.3 Å². The van der Waals surface area contributed by atoms with Crippen LogP contribution in [0.25, 0.3) is 6.08 Å². The number of nitrogens with zero attached hydrogens (tertiary/aromatic N) is 3. The van der Waals surface area contributed by atoms with E-state index in [4.69, 9.17) is 0 Å². The Balaban J connectivity index is 2.22. The lowest BCUT2D eigenvalue weighted by Gasteiger charge is -2.21. The Morgan fingerprint density at radius 1 is 1.40 bits per heavy atom. The number of aliphatic imine (C=N–C) groups is 1. The van der Waals surface area contributed by atoms with Crippen molar-refractivity contribution >= 4 is 29.2 Å². The first-order valence-corrected chi connectivity index (χ1v) is 7.17. The zero-order chi connectivity index (χ0) is 18.8. The van der Waals surface area contributed by atoms with Crippen molar-refractivity contribution in [2.24, 2.45) is 4.99 Å². The summed E-state index contributed by atoms with van der Waals surface area (Å²) in [5.41, 5.74) is -0.445. The molecule has 1 aliphatic rings. The molecule has 1 aromatic carbocycles. The van der Waals surface area contributed by atoms with Crippen LogP contribution in [0, 0.1) is 10.1 Å². The first-order chi connectivity index (χ1) is 11.6. The molecule has 0 bridgehead atoms. The first-order valence-electron chi connectivity index (χ1n) is 7.17. The molecule has 0 saturated carbocycles. The fourth-order valence-corrected chi connectivity index (χ4v) is 2.31. The maximum atomic E-state index is 12.7. The van der Waals surface area contributed by atoms with Crippen molar-refractivity contribution in [1.82, 2.24) is 5.32 Å². The van der Waals surface area contributed by atoms with Crippen molar-refractivity contribution in [3.8, 4) is 0 Å². The molecule has 1 N–H and O–H groups in total. The number of anilines is 1. The number of hydrogen-bond acceptors (Lipinski definition) is 4. The van der Waals surface area contributed by atoms with Gasteiger partial charge in [-0.2, -0.15) is 18.2 Å². The third kappa shape index (κ3) is 4.55. The average molecular weight is 356 g/mol. The highest BCUT2D eigenvalue weighted by Crippen LogP contribution is 2.28. The van der Waals surface area contributed by atoms with Gasteiger partial charge in [0.05, 0.1) is 11.0 Å². The van der Waals surface area contributed by atoms with Gasteiger partial charge in [0.25, 0.3) is 5.69 Å². The molecular formula is C15H15F3N4O3. The van der Waals surface area contributed by atoms with Gasteiger partial charge in [-0.1, -0.05) is 18.2 Å². The van der Waals surface area contributed by atoms with Crippen LogP contribution in [-0.4, -0.2) is 43.0 Å². The molecule has 0 aliphatic carbocycles. The molecule has 0 unspecified atom stereocenters. The van der Waals surface area contributed by atoms with E-state index in [2.05, 4.69) is 10.3 Å². The van der Waals surface area contributed by atoms with Gasteiger partial charge in [0.15, 0.2) is 0 Å². The topological polar surface area (TPSA) is 87.8 Å². The second-order valence-electron chi connectivity index (χ2n) is 5.58. The summed E-state index contributed by atoms with van der Waals surface area (Å²) < 4.78 is 38.1. The van der Waals surface area contributed by atoms with Crippen molar-refractivity contribution in [3.05, 3.63) is 40.0 Å². The standard InChI is InChI=1S/C15H15F3N4O3/c1-21(2)11-6-4-9(7-12(11)22(24)25)3-5-10-8-13(15(16,17)18)20-14(23)19-10/h3-7,10H,8H2,1-2H3,(H,19,23)/b5-3+/t10-/m0/s1. The Kier molecular flexibility index (Phi) is 5.10. The highest BCUT2D eigenvalue weighted by molar-refractivity contribution is 6.01. The molecule has 0 spiro atoms. The van der Waals surface area contributed by atoms with E-state index >= 15 is 0 Å². The number of benzene rings is 1. The Hall–Kier alpha value is -2.91. The van der Waals surface area contributed by atoms with E-state index in [1.165, 1.54) is 18.2 Å². The molecule has 1 heterocycles. The Labute approximate surface area is 141 Å². The minimum absolute atomic E-state index is 0.127. The molecule has 134 valence electrons. The second-order valence-corrected chi connectivity index (χ2v) is 5.58. The van der Waals surface area contributed by atoms with Gasteiger partial charge in [0.2, 0.25) is 0 Å². The van der Waals surface area contributed by atoms with Gasteiger partial charge in [0, 0.05) is 26.6 Å². The lowest BCUT2D eigenvalue weighted by atomic mass is 10.1. The van der Waals surface area contributed by atoms with E-state index in [-0.39, 0.29) is 5.69 Å². The van der Waals surface area contributed by atoms with Gasteiger partial charge in [-0.3, -0.25) is 10.1 Å². The van der Waals surface area contributed by atoms with E-state index in [1.807, 2.05) is 0 Å². The lowest BCUT2D eigenvalue weighted by molar-refractivity contribution is -0.384. The maximum Gasteiger partial charge on any atom is 0.429 e. The van der Waals surface area contributed by atoms with Crippen LogP contribution in [0.5, 0.6) is 0 Å². The molecule has 1 aliphatic heterocycles. The monoisotopic (exact) mass is 356 g/mol. The quantitative estimate of drug-likeness (QED) is 0.663. The number of rotatable bonds is 4. The number of hydrogen-bond donors (Lipinski definition) is 1. The summed E-state index contributed by atoms with van der Waals surface area (Å²) in [5, 5.41) is 13.4. The lowest BCUT2D eigenvalue weighted by Crippen LogP contribution is -2.42. The predicted octanol–water partition coefficient (Wildman–Crippen LogP) is 3.16. The van der Waals surface area contributed by atoms with Crippen molar-refractivity contribution in [3.63, 3.8) is 0 Å². The summed E-state index contributed by atoms with van der Waals surface area (Å²) in [6.45, 7) is 0. The molecule has 2 amide bonds. The molecule has 0 aromatic heterocycles. The van der Waals surface area contributed by atoms with Crippen LogP contribution in [-0.2, 0) is 0 Å². The van der Waals surface area contributed by atoms with E-state index in [1.54, 1.807) is 31.1 Å². The summed E-state index contributed by atoms with van der Waals surface area (Å²) >= 11 is 0. The zero-order valence-electron chi connectivity index (χ0n) is 13.4. The Morgan fingerprint density at radius 2 is 2.08 bits per heavy atom. The normalized spacial score (nSPS) is 18.0. The number of alkyl halides is 3. The molecule has 0 radical (unpaired) electrons. The van der Waals surface area contributed by atoms with Crippen LogP contribution >= 0.6 is 0 Å². The van der Waals surface area contributed by atoms with Gasteiger partial charge in [-0.25, -0.2) is 4.79 Å². The van der Waals surface area contributed by atoms with Gasteiger partial charge in [-0.15, -0.1) is 0 Å². The number of nitrogens with one attached hydrogen (secondary N) is 1. The molecular weight excluding hydrogens is 341 g/mol. The average Bonchev–Trinajstić information content (AvgIpc) is 2.51. The smallest absolute Gasteiger partial charge is 0.372 e. The van der Waals surface area contributed by atoms with Gasteiger partial charge >= 0.3 is 12.2 Å². The highest BCUT2D eigenvalue weighted by Gasteiger charge is 2.39. The fraction of sp³-hybridized carbons (Fsp3) is 0.333. The number of amides is 2. The summed E-state index contributed by atoms with van der Waals surface area (Å²) in [4.78, 5) is 26.4. The number of carbonyl (C=O) groups excluding carboxylic acids is 1. The second kappa shape index (κ2) is 6.91. The number of halogens is 3. The van der Waals surface area contributed by atoms with Crippen LogP contribution in [0.15, 0.2) is 29.3 Å². The van der Waals surface area contributed by atoms with Crippen LogP contribution in [0.2, 0.25) is 0 Å². The van der Waals surface area contributed by atoms with Gasteiger partial charge < -0.3 is 10.2 Å². The molecule has 25 heavy (non-hydrogen) atoms. The maximum absolute atomic E-state index is 12.7. The summed E-state index contributed by atoms with van der Waals surface area (Å²) in [7, 11) is 3.32. The minimum atomic E-state index is -4.67. The Morgan fingerprint density at radius 3 is 2.64 bits per heavy atom. The number of nitro groups is 1. The molecule has 0 saturated heterocycles. The van der Waals surface area contributed by atoms with E-state index < -0.39 is 35.3 Å². The van der Waals surface area contributed by atoms with Gasteiger partial charge in [0.1, 0.15) is 11.4 Å². The third-order valence-corrected chi connectivity index (χ3v) is 3.48. The first kappa shape index (κ1) is 18.4. The van der Waals surface area contributed by atoms with Gasteiger partial charge in [-0.05, 0) is 11.6 Å². The number of carbonyl (C=O) groups is 1. The van der Waals surface area contributed by atoms with Crippen molar-refractivity contribution in [1.29, 1.82) is 0 Å². The largest absolute Gasteiger partial charge is 0.429 e. The van der Waals surface area contributed by atoms with Crippen LogP contribution < -0.4 is 10.2 Å².